The van der Waals surface area contributed by atoms with E-state index in [4.69, 9.17) is 5.11 Å². The fourth-order valence-electron chi connectivity index (χ4n) is 2.35. The molecular weight excluding hydrogens is 344 g/mol. The summed E-state index contributed by atoms with van der Waals surface area (Å²) in [6.45, 7) is 2.19. The van der Waals surface area contributed by atoms with Gasteiger partial charge in [0.25, 0.3) is 10.0 Å². The van der Waals surface area contributed by atoms with Crippen LogP contribution in [0, 0.1) is 12.8 Å². The molecule has 0 bridgehead atoms. The molecule has 118 valence electrons. The lowest BCUT2D eigenvalue weighted by Crippen LogP contribution is -2.29. The van der Waals surface area contributed by atoms with Gasteiger partial charge in [-0.15, -0.1) is 22.7 Å². The molecule has 0 saturated carbocycles. The Balaban J connectivity index is 1.85. The number of carboxylic acids is 1. The summed E-state index contributed by atoms with van der Waals surface area (Å²) >= 11 is 2.69. The Morgan fingerprint density at radius 1 is 1.45 bits per heavy atom. The van der Waals surface area contributed by atoms with E-state index in [1.165, 1.54) is 27.0 Å². The number of carbonyl (C=O) groups is 1. The van der Waals surface area contributed by atoms with Gasteiger partial charge in [0.1, 0.15) is 4.21 Å². The molecule has 1 saturated heterocycles. The van der Waals surface area contributed by atoms with Gasteiger partial charge in [-0.25, -0.2) is 13.4 Å². The molecule has 2 aromatic heterocycles. The Morgan fingerprint density at radius 3 is 2.82 bits per heavy atom. The quantitative estimate of drug-likeness (QED) is 0.906. The number of thiazole rings is 1. The average Bonchev–Trinajstić information content (AvgIpc) is 3.18. The van der Waals surface area contributed by atoms with E-state index >= 15 is 0 Å². The maximum Gasteiger partial charge on any atom is 0.307 e. The summed E-state index contributed by atoms with van der Waals surface area (Å²) in [5.41, 5.74) is 0.777. The number of hydrogen-bond donors (Lipinski definition) is 1. The van der Waals surface area contributed by atoms with E-state index in [0.717, 1.165) is 15.6 Å². The van der Waals surface area contributed by atoms with E-state index in [9.17, 15) is 13.2 Å². The highest BCUT2D eigenvalue weighted by Gasteiger charge is 2.36. The fourth-order valence-corrected chi connectivity index (χ4v) is 5.96. The van der Waals surface area contributed by atoms with Crippen LogP contribution in [0.2, 0.25) is 0 Å². The summed E-state index contributed by atoms with van der Waals surface area (Å²) in [5, 5.41) is 11.8. The smallest absolute Gasteiger partial charge is 0.307 e. The van der Waals surface area contributed by atoms with E-state index in [0.29, 0.717) is 6.42 Å². The number of carboxylic acid groups (broad SMARTS) is 1. The molecule has 0 spiro atoms. The predicted molar refractivity (Wildman–Crippen MR) is 84.7 cm³/mol. The molecule has 1 aliphatic heterocycles. The minimum absolute atomic E-state index is 0.0424. The molecule has 1 atom stereocenters. The lowest BCUT2D eigenvalue weighted by atomic mass is 10.1. The first kappa shape index (κ1) is 15.6. The van der Waals surface area contributed by atoms with Crippen molar-refractivity contribution in [3.63, 3.8) is 0 Å². The van der Waals surface area contributed by atoms with Crippen LogP contribution in [0.4, 0.5) is 0 Å². The Hall–Kier alpha value is -1.29. The maximum atomic E-state index is 12.6. The maximum absolute atomic E-state index is 12.6. The summed E-state index contributed by atoms with van der Waals surface area (Å²) < 4.78 is 26.6. The van der Waals surface area contributed by atoms with Gasteiger partial charge in [0.2, 0.25) is 0 Å². The van der Waals surface area contributed by atoms with Crippen molar-refractivity contribution < 1.29 is 18.3 Å². The zero-order chi connectivity index (χ0) is 15.9. The molecule has 0 radical (unpaired) electrons. The number of rotatable bonds is 4. The van der Waals surface area contributed by atoms with Gasteiger partial charge in [0, 0.05) is 18.5 Å². The molecule has 0 amide bonds. The van der Waals surface area contributed by atoms with Gasteiger partial charge < -0.3 is 5.11 Å². The molecule has 3 rings (SSSR count). The minimum Gasteiger partial charge on any atom is -0.481 e. The van der Waals surface area contributed by atoms with E-state index in [2.05, 4.69) is 4.98 Å². The van der Waals surface area contributed by atoms with E-state index in [-0.39, 0.29) is 17.3 Å². The molecule has 2 aromatic rings. The highest BCUT2D eigenvalue weighted by atomic mass is 32.2. The van der Waals surface area contributed by atoms with Crippen molar-refractivity contribution in [2.24, 2.45) is 5.92 Å². The lowest BCUT2D eigenvalue weighted by Gasteiger charge is -2.14. The molecule has 1 fully saturated rings. The van der Waals surface area contributed by atoms with Gasteiger partial charge in [-0.2, -0.15) is 4.31 Å². The van der Waals surface area contributed by atoms with Gasteiger partial charge in [-0.3, -0.25) is 4.79 Å². The molecule has 0 aliphatic carbocycles. The number of aryl methyl sites for hydroxylation is 1. The minimum atomic E-state index is -3.62. The first-order chi connectivity index (χ1) is 10.4. The number of aliphatic carboxylic acids is 1. The third-order valence-corrected chi connectivity index (χ3v) is 7.76. The molecule has 22 heavy (non-hydrogen) atoms. The Morgan fingerprint density at radius 2 is 2.23 bits per heavy atom. The van der Waals surface area contributed by atoms with Crippen molar-refractivity contribution in [1.29, 1.82) is 0 Å². The van der Waals surface area contributed by atoms with Crippen LogP contribution in [0.1, 0.15) is 11.4 Å². The molecule has 3 heterocycles. The topological polar surface area (TPSA) is 87.6 Å². The molecular formula is C13H14N2O4S3. The van der Waals surface area contributed by atoms with Crippen molar-refractivity contribution in [3.8, 4) is 10.6 Å². The number of nitrogens with zero attached hydrogens (tertiary/aromatic N) is 2. The van der Waals surface area contributed by atoms with Crippen LogP contribution in [0.25, 0.3) is 10.6 Å². The number of aromatic nitrogens is 1. The van der Waals surface area contributed by atoms with Crippen LogP contribution in [-0.2, 0) is 14.8 Å². The van der Waals surface area contributed by atoms with E-state index in [1.54, 1.807) is 12.1 Å². The van der Waals surface area contributed by atoms with Crippen LogP contribution in [0.3, 0.4) is 0 Å². The molecule has 1 N–H and O–H groups in total. The van der Waals surface area contributed by atoms with Crippen LogP contribution >= 0.6 is 22.7 Å². The molecule has 6 nitrogen and oxygen atoms in total. The summed E-state index contributed by atoms with van der Waals surface area (Å²) in [6.07, 6.45) is 0.359. The van der Waals surface area contributed by atoms with Crippen LogP contribution in [0.15, 0.2) is 21.7 Å². The second kappa shape index (κ2) is 5.73. The van der Waals surface area contributed by atoms with Gasteiger partial charge >= 0.3 is 5.97 Å². The first-order valence-corrected chi connectivity index (χ1v) is 9.77. The molecule has 0 aromatic carbocycles. The third-order valence-electron chi connectivity index (χ3n) is 3.55. The Labute approximate surface area is 136 Å². The highest BCUT2D eigenvalue weighted by Crippen LogP contribution is 2.34. The van der Waals surface area contributed by atoms with Crippen molar-refractivity contribution in [2.75, 3.05) is 13.1 Å². The normalized spacial score (nSPS) is 19.6. The molecule has 1 unspecified atom stereocenters. The van der Waals surface area contributed by atoms with Gasteiger partial charge in [0.15, 0.2) is 0 Å². The van der Waals surface area contributed by atoms with Crippen LogP contribution < -0.4 is 0 Å². The standard InChI is InChI=1S/C13H14N2O4S3/c1-8-14-10(7-20-8)11-2-3-12(21-11)22(18,19)15-5-4-9(6-15)13(16)17/h2-3,7,9H,4-6H2,1H3,(H,16,17). The average molecular weight is 358 g/mol. The van der Waals surface area contributed by atoms with E-state index in [1.807, 2.05) is 12.3 Å². The Bertz CT molecular complexity index is 809. The summed E-state index contributed by atoms with van der Waals surface area (Å²) in [5.74, 6) is -1.56. The summed E-state index contributed by atoms with van der Waals surface area (Å²) in [6, 6.07) is 3.31. The van der Waals surface area contributed by atoms with E-state index < -0.39 is 21.9 Å². The summed E-state index contributed by atoms with van der Waals surface area (Å²) in [7, 11) is -3.62. The second-order valence-corrected chi connectivity index (χ2v) is 9.37. The van der Waals surface area contributed by atoms with Gasteiger partial charge in [0.05, 0.1) is 21.5 Å². The SMILES string of the molecule is Cc1nc(-c2ccc(S(=O)(=O)N3CCC(C(=O)O)C3)s2)cs1. The van der Waals surface area contributed by atoms with Gasteiger partial charge in [-0.05, 0) is 25.5 Å². The summed E-state index contributed by atoms with van der Waals surface area (Å²) in [4.78, 5) is 16.1. The third kappa shape index (κ3) is 2.81. The number of thiophene rings is 1. The predicted octanol–water partition coefficient (Wildman–Crippen LogP) is 2.28. The lowest BCUT2D eigenvalue weighted by molar-refractivity contribution is -0.141. The Kier molecular flexibility index (Phi) is 4.06. The van der Waals surface area contributed by atoms with Crippen molar-refractivity contribution in [2.45, 2.75) is 17.6 Å². The monoisotopic (exact) mass is 358 g/mol. The highest BCUT2D eigenvalue weighted by molar-refractivity contribution is 7.91. The van der Waals surface area contributed by atoms with Gasteiger partial charge in [-0.1, -0.05) is 0 Å². The first-order valence-electron chi connectivity index (χ1n) is 6.63. The zero-order valence-corrected chi connectivity index (χ0v) is 14.2. The van der Waals surface area contributed by atoms with Crippen LogP contribution in [-0.4, -0.2) is 41.9 Å². The fraction of sp³-hybridized carbons (Fsp3) is 0.385. The molecule has 9 heteroatoms. The largest absolute Gasteiger partial charge is 0.481 e. The second-order valence-electron chi connectivity index (χ2n) is 5.06. The zero-order valence-electron chi connectivity index (χ0n) is 11.7. The van der Waals surface area contributed by atoms with Crippen molar-refractivity contribution in [3.05, 3.63) is 22.5 Å². The van der Waals surface area contributed by atoms with Crippen LogP contribution in [0.5, 0.6) is 0 Å². The van der Waals surface area contributed by atoms with Crippen molar-refractivity contribution >= 4 is 38.7 Å². The number of sulfonamides is 1. The van der Waals surface area contributed by atoms with Crippen molar-refractivity contribution in [1.82, 2.24) is 9.29 Å². The molecule has 1 aliphatic rings. The number of hydrogen-bond acceptors (Lipinski definition) is 6.